The molecule has 0 aromatic heterocycles. The predicted octanol–water partition coefficient (Wildman–Crippen LogP) is 11.4. The SMILES string of the molecule is CCCCCCCCCCCCOc1cccc(OP(=O)(Oc2cccc(CBr)c2)Oc2cccc(CBr)c2)c1OC. The van der Waals surface area contributed by atoms with Crippen LogP contribution in [0.2, 0.25) is 0 Å². The van der Waals surface area contributed by atoms with E-state index in [0.717, 1.165) is 24.0 Å². The molecular weight excluding hydrogens is 683 g/mol. The van der Waals surface area contributed by atoms with Crippen LogP contribution >= 0.6 is 39.7 Å². The molecule has 3 aromatic carbocycles. The second-order valence-electron chi connectivity index (χ2n) is 10.1. The third-order valence-corrected chi connectivity index (χ3v) is 9.24. The van der Waals surface area contributed by atoms with E-state index in [9.17, 15) is 4.57 Å². The topological polar surface area (TPSA) is 63.2 Å². The van der Waals surface area contributed by atoms with Gasteiger partial charge >= 0.3 is 7.82 Å². The van der Waals surface area contributed by atoms with Gasteiger partial charge in [0.1, 0.15) is 11.5 Å². The smallest absolute Gasteiger partial charge is 0.490 e. The van der Waals surface area contributed by atoms with E-state index in [1.54, 1.807) is 36.4 Å². The zero-order valence-corrected chi connectivity index (χ0v) is 28.8. The second-order valence-corrected chi connectivity index (χ2v) is 12.7. The molecule has 6 nitrogen and oxygen atoms in total. The summed E-state index contributed by atoms with van der Waals surface area (Å²) >= 11 is 6.90. The molecule has 3 rings (SSSR count). The molecule has 0 bridgehead atoms. The minimum atomic E-state index is -4.23. The molecule has 0 heterocycles. The molecule has 9 heteroatoms. The lowest BCUT2D eigenvalue weighted by Gasteiger charge is -2.21. The number of halogens is 2. The highest BCUT2D eigenvalue weighted by molar-refractivity contribution is 9.08. The number of methoxy groups -OCH3 is 1. The van der Waals surface area contributed by atoms with Gasteiger partial charge in [-0.05, 0) is 53.9 Å². The van der Waals surface area contributed by atoms with Crippen LogP contribution in [-0.2, 0) is 15.2 Å². The van der Waals surface area contributed by atoms with Crippen molar-refractivity contribution in [2.24, 2.45) is 0 Å². The number of phosphoric ester groups is 1. The predicted molar refractivity (Wildman–Crippen MR) is 178 cm³/mol. The van der Waals surface area contributed by atoms with Crippen molar-refractivity contribution in [1.82, 2.24) is 0 Å². The molecule has 0 amide bonds. The van der Waals surface area contributed by atoms with Crippen LogP contribution in [0, 0.1) is 0 Å². The molecule has 0 N–H and O–H groups in total. The van der Waals surface area contributed by atoms with Crippen LogP contribution in [-0.4, -0.2) is 13.7 Å². The standard InChI is InChI=1S/C33H43Br2O6P/c1-3-4-5-6-7-8-9-10-11-12-22-38-31-20-15-21-32(33(31)37-2)41-42(36,39-29-18-13-16-27(23-29)25-34)40-30-19-14-17-28(24-30)26-35/h13-21,23-24H,3-12,22,25-26H2,1-2H3. The van der Waals surface area contributed by atoms with Crippen molar-refractivity contribution < 1.29 is 27.6 Å². The molecule has 0 spiro atoms. The Hall–Kier alpha value is -2.15. The molecule has 3 aromatic rings. The fraction of sp³-hybridized carbons (Fsp3) is 0.455. The van der Waals surface area contributed by atoms with Crippen molar-refractivity contribution in [1.29, 1.82) is 0 Å². The molecular formula is C33H43Br2O6P. The van der Waals surface area contributed by atoms with Crippen molar-refractivity contribution in [2.75, 3.05) is 13.7 Å². The summed E-state index contributed by atoms with van der Waals surface area (Å²) < 4.78 is 43.7. The highest BCUT2D eigenvalue weighted by Crippen LogP contribution is 2.53. The Morgan fingerprint density at radius 3 is 1.67 bits per heavy atom. The van der Waals surface area contributed by atoms with Gasteiger partial charge in [-0.3, -0.25) is 0 Å². The Kier molecular flexibility index (Phi) is 15.7. The molecule has 0 aliphatic carbocycles. The molecule has 0 atom stereocenters. The summed E-state index contributed by atoms with van der Waals surface area (Å²) in [6.07, 6.45) is 12.5. The molecule has 0 radical (unpaired) electrons. The average molecular weight is 726 g/mol. The number of alkyl halides is 2. The van der Waals surface area contributed by atoms with E-state index in [-0.39, 0.29) is 5.75 Å². The highest BCUT2D eigenvalue weighted by Gasteiger charge is 2.35. The molecule has 0 aliphatic rings. The second kappa shape index (κ2) is 19.2. The van der Waals surface area contributed by atoms with Crippen LogP contribution < -0.4 is 23.0 Å². The minimum Gasteiger partial charge on any atom is -0.490 e. The van der Waals surface area contributed by atoms with E-state index in [0.29, 0.717) is 40.3 Å². The number of benzene rings is 3. The summed E-state index contributed by atoms with van der Waals surface area (Å²) in [5.74, 6) is 1.77. The minimum absolute atomic E-state index is 0.203. The number of phosphoric acid groups is 1. The van der Waals surface area contributed by atoms with Crippen molar-refractivity contribution in [3.63, 3.8) is 0 Å². The van der Waals surface area contributed by atoms with E-state index >= 15 is 0 Å². The molecule has 0 saturated carbocycles. The lowest BCUT2D eigenvalue weighted by molar-refractivity contribution is 0.270. The molecule has 0 saturated heterocycles. The van der Waals surface area contributed by atoms with Crippen molar-refractivity contribution in [3.8, 4) is 28.7 Å². The first-order chi connectivity index (χ1) is 20.5. The third kappa shape index (κ3) is 11.9. The van der Waals surface area contributed by atoms with E-state index in [4.69, 9.17) is 23.0 Å². The maximum atomic E-state index is 14.2. The molecule has 42 heavy (non-hydrogen) atoms. The van der Waals surface area contributed by atoms with Crippen molar-refractivity contribution >= 4 is 39.7 Å². The molecule has 230 valence electrons. The zero-order valence-electron chi connectivity index (χ0n) is 24.7. The number of ether oxygens (including phenoxy) is 2. The van der Waals surface area contributed by atoms with Gasteiger partial charge in [0.05, 0.1) is 13.7 Å². The van der Waals surface area contributed by atoms with Gasteiger partial charge in [0.15, 0.2) is 11.5 Å². The Labute approximate surface area is 268 Å². The van der Waals surface area contributed by atoms with Gasteiger partial charge in [0, 0.05) is 10.7 Å². The number of unbranched alkanes of at least 4 members (excludes halogenated alkanes) is 9. The fourth-order valence-corrected chi connectivity index (χ4v) is 6.40. The number of para-hydroxylation sites is 1. The van der Waals surface area contributed by atoms with Crippen LogP contribution in [0.3, 0.4) is 0 Å². The molecule has 0 unspecified atom stereocenters. The van der Waals surface area contributed by atoms with E-state index < -0.39 is 7.82 Å². The van der Waals surface area contributed by atoms with Gasteiger partial charge in [-0.15, -0.1) is 0 Å². The monoisotopic (exact) mass is 724 g/mol. The van der Waals surface area contributed by atoms with Crippen molar-refractivity contribution in [3.05, 3.63) is 77.9 Å². The van der Waals surface area contributed by atoms with Crippen LogP contribution in [0.4, 0.5) is 0 Å². The Morgan fingerprint density at radius 1 is 0.643 bits per heavy atom. The first-order valence-electron chi connectivity index (χ1n) is 14.8. The molecule has 0 aliphatic heterocycles. The zero-order chi connectivity index (χ0) is 30.0. The Balaban J connectivity index is 1.67. The van der Waals surface area contributed by atoms with Crippen LogP contribution in [0.25, 0.3) is 0 Å². The third-order valence-electron chi connectivity index (χ3n) is 6.65. The van der Waals surface area contributed by atoms with Gasteiger partial charge in [-0.2, -0.15) is 4.57 Å². The summed E-state index contributed by atoms with van der Waals surface area (Å²) in [5.41, 5.74) is 1.92. The quantitative estimate of drug-likeness (QED) is 0.0619. The highest BCUT2D eigenvalue weighted by atomic mass is 79.9. The average Bonchev–Trinajstić information content (AvgIpc) is 3.00. The largest absolute Gasteiger partial charge is 0.647 e. The number of hydrogen-bond donors (Lipinski definition) is 0. The van der Waals surface area contributed by atoms with Crippen LogP contribution in [0.1, 0.15) is 82.3 Å². The lowest BCUT2D eigenvalue weighted by atomic mass is 10.1. The van der Waals surface area contributed by atoms with Crippen molar-refractivity contribution in [2.45, 2.75) is 81.8 Å². The van der Waals surface area contributed by atoms with Gasteiger partial charge in [-0.25, -0.2) is 0 Å². The number of hydrogen-bond acceptors (Lipinski definition) is 6. The summed E-state index contributed by atoms with van der Waals surface area (Å²) in [7, 11) is -2.70. The summed E-state index contributed by atoms with van der Waals surface area (Å²) in [6.45, 7) is 2.81. The van der Waals surface area contributed by atoms with Gasteiger partial charge in [-0.1, -0.05) is 127 Å². The summed E-state index contributed by atoms with van der Waals surface area (Å²) in [6, 6.07) is 19.8. The maximum Gasteiger partial charge on any atom is 0.647 e. The molecule has 0 fully saturated rings. The first-order valence-corrected chi connectivity index (χ1v) is 18.5. The summed E-state index contributed by atoms with van der Waals surface area (Å²) in [5, 5.41) is 1.24. The van der Waals surface area contributed by atoms with E-state index in [1.807, 2.05) is 30.3 Å². The van der Waals surface area contributed by atoms with Gasteiger partial charge in [0.25, 0.3) is 0 Å². The van der Waals surface area contributed by atoms with E-state index in [1.165, 1.54) is 58.5 Å². The Morgan fingerprint density at radius 2 is 1.14 bits per heavy atom. The van der Waals surface area contributed by atoms with E-state index in [2.05, 4.69) is 38.8 Å². The van der Waals surface area contributed by atoms with Crippen LogP contribution in [0.15, 0.2) is 66.7 Å². The van der Waals surface area contributed by atoms with Gasteiger partial charge < -0.3 is 23.0 Å². The number of rotatable bonds is 21. The lowest BCUT2D eigenvalue weighted by Crippen LogP contribution is -2.09. The normalized spacial score (nSPS) is 11.2. The fourth-order valence-electron chi connectivity index (χ4n) is 4.46. The van der Waals surface area contributed by atoms with Gasteiger partial charge in [0.2, 0.25) is 5.75 Å². The first kappa shape index (κ1) is 34.3. The maximum absolute atomic E-state index is 14.2. The summed E-state index contributed by atoms with van der Waals surface area (Å²) in [4.78, 5) is 0. The Bertz CT molecular complexity index is 1200. The van der Waals surface area contributed by atoms with Crippen LogP contribution in [0.5, 0.6) is 28.7 Å².